The van der Waals surface area contributed by atoms with Crippen molar-refractivity contribution in [2.24, 2.45) is 5.92 Å². The van der Waals surface area contributed by atoms with Crippen LogP contribution in [0.15, 0.2) is 22.8 Å². The highest BCUT2D eigenvalue weighted by molar-refractivity contribution is 5.05. The van der Waals surface area contributed by atoms with E-state index >= 15 is 0 Å². The predicted molar refractivity (Wildman–Crippen MR) is 77.1 cm³/mol. The van der Waals surface area contributed by atoms with Crippen molar-refractivity contribution in [2.45, 2.75) is 51.1 Å². The van der Waals surface area contributed by atoms with Gasteiger partial charge in [-0.3, -0.25) is 4.90 Å². The van der Waals surface area contributed by atoms with Crippen LogP contribution >= 0.6 is 0 Å². The van der Waals surface area contributed by atoms with E-state index in [1.807, 2.05) is 6.07 Å². The van der Waals surface area contributed by atoms with Gasteiger partial charge in [-0.15, -0.1) is 0 Å². The Hall–Kier alpha value is -0.800. The van der Waals surface area contributed by atoms with Crippen LogP contribution in [0.5, 0.6) is 0 Å². The maximum Gasteiger partial charge on any atom is 0.120 e. The molecular weight excluding hydrogens is 236 g/mol. The minimum atomic E-state index is 0.472. The maximum absolute atomic E-state index is 5.60. The Morgan fingerprint density at radius 3 is 2.68 bits per heavy atom. The first-order chi connectivity index (χ1) is 9.36. The summed E-state index contributed by atoms with van der Waals surface area (Å²) in [7, 11) is 0. The lowest BCUT2D eigenvalue weighted by Gasteiger charge is -2.36. The Kier molecular flexibility index (Phi) is 4.24. The summed E-state index contributed by atoms with van der Waals surface area (Å²) in [5.74, 6) is 2.12. The average molecular weight is 262 g/mol. The molecule has 0 spiro atoms. The summed E-state index contributed by atoms with van der Waals surface area (Å²) in [6.45, 7) is 5.90. The lowest BCUT2D eigenvalue weighted by molar-refractivity contribution is 0.124. The molecule has 1 aliphatic carbocycles. The van der Waals surface area contributed by atoms with Gasteiger partial charge in [-0.25, -0.2) is 0 Å². The van der Waals surface area contributed by atoms with Crippen LogP contribution in [-0.2, 0) is 0 Å². The van der Waals surface area contributed by atoms with E-state index < -0.39 is 0 Å². The third-order valence-electron chi connectivity index (χ3n) is 4.62. The number of rotatable bonds is 6. The van der Waals surface area contributed by atoms with Crippen molar-refractivity contribution >= 4 is 0 Å². The topological polar surface area (TPSA) is 28.4 Å². The number of furan rings is 1. The first-order valence-corrected chi connectivity index (χ1v) is 7.87. The van der Waals surface area contributed by atoms with E-state index in [1.165, 1.54) is 45.3 Å². The smallest absolute Gasteiger partial charge is 0.120 e. The van der Waals surface area contributed by atoms with Crippen molar-refractivity contribution in [3.8, 4) is 0 Å². The second-order valence-electron chi connectivity index (χ2n) is 6.10. The summed E-state index contributed by atoms with van der Waals surface area (Å²) < 4.78 is 5.60. The second kappa shape index (κ2) is 6.10. The van der Waals surface area contributed by atoms with Gasteiger partial charge in [-0.05, 0) is 56.7 Å². The zero-order valence-electron chi connectivity index (χ0n) is 12.0. The van der Waals surface area contributed by atoms with Crippen LogP contribution in [0.3, 0.4) is 0 Å². The van der Waals surface area contributed by atoms with E-state index in [-0.39, 0.29) is 0 Å². The molecule has 2 aliphatic rings. The largest absolute Gasteiger partial charge is 0.468 e. The van der Waals surface area contributed by atoms with E-state index in [0.717, 1.165) is 24.1 Å². The van der Waals surface area contributed by atoms with Gasteiger partial charge in [0, 0.05) is 19.1 Å². The second-order valence-corrected chi connectivity index (χ2v) is 6.10. The molecule has 106 valence electrons. The van der Waals surface area contributed by atoms with Crippen LogP contribution in [-0.4, -0.2) is 30.6 Å². The average Bonchev–Trinajstić information content (AvgIpc) is 3.13. The molecule has 1 aliphatic heterocycles. The summed E-state index contributed by atoms with van der Waals surface area (Å²) in [6.07, 6.45) is 8.38. The van der Waals surface area contributed by atoms with Gasteiger partial charge in [-0.1, -0.05) is 6.92 Å². The van der Waals surface area contributed by atoms with Gasteiger partial charge in [0.1, 0.15) is 5.76 Å². The molecule has 3 rings (SSSR count). The number of hydrogen-bond acceptors (Lipinski definition) is 3. The fourth-order valence-corrected chi connectivity index (χ4v) is 3.19. The van der Waals surface area contributed by atoms with Crippen LogP contribution in [0, 0.1) is 5.92 Å². The number of nitrogens with zero attached hydrogens (tertiary/aromatic N) is 1. The number of nitrogens with one attached hydrogen (secondary N) is 1. The summed E-state index contributed by atoms with van der Waals surface area (Å²) in [4.78, 5) is 2.59. The molecule has 1 N–H and O–H groups in total. The molecule has 1 saturated heterocycles. The van der Waals surface area contributed by atoms with E-state index in [4.69, 9.17) is 4.42 Å². The fraction of sp³-hybridized carbons (Fsp3) is 0.750. The predicted octanol–water partition coefficient (Wildman–Crippen LogP) is 3.19. The molecule has 19 heavy (non-hydrogen) atoms. The molecule has 0 radical (unpaired) electrons. The highest BCUT2D eigenvalue weighted by Gasteiger charge is 2.28. The third kappa shape index (κ3) is 3.40. The van der Waals surface area contributed by atoms with Gasteiger partial charge in [0.25, 0.3) is 0 Å². The van der Waals surface area contributed by atoms with Gasteiger partial charge in [0.05, 0.1) is 12.3 Å². The molecule has 1 saturated carbocycles. The van der Waals surface area contributed by atoms with Crippen molar-refractivity contribution in [3.63, 3.8) is 0 Å². The van der Waals surface area contributed by atoms with Crippen LogP contribution in [0.4, 0.5) is 0 Å². The monoisotopic (exact) mass is 262 g/mol. The first kappa shape index (κ1) is 13.2. The van der Waals surface area contributed by atoms with Gasteiger partial charge in [-0.2, -0.15) is 0 Å². The Labute approximate surface area is 116 Å². The van der Waals surface area contributed by atoms with Crippen LogP contribution in [0.25, 0.3) is 0 Å². The quantitative estimate of drug-likeness (QED) is 0.853. The van der Waals surface area contributed by atoms with Crippen LogP contribution < -0.4 is 5.32 Å². The molecule has 0 aromatic carbocycles. The number of likely N-dealkylation sites (tertiary alicyclic amines) is 1. The molecule has 3 heteroatoms. The lowest BCUT2D eigenvalue weighted by Crippen LogP contribution is -2.44. The van der Waals surface area contributed by atoms with Crippen molar-refractivity contribution in [2.75, 3.05) is 19.6 Å². The fourth-order valence-electron chi connectivity index (χ4n) is 3.19. The first-order valence-electron chi connectivity index (χ1n) is 7.87. The molecule has 1 aromatic heterocycles. The Morgan fingerprint density at radius 2 is 2.11 bits per heavy atom. The summed E-state index contributed by atoms with van der Waals surface area (Å²) >= 11 is 0. The molecule has 2 heterocycles. The SMILES string of the molecule is CCC(c1ccco1)N1CCC(NCC2CC2)CC1. The van der Waals surface area contributed by atoms with Gasteiger partial charge >= 0.3 is 0 Å². The van der Waals surface area contributed by atoms with Crippen molar-refractivity contribution in [1.29, 1.82) is 0 Å². The molecule has 3 nitrogen and oxygen atoms in total. The van der Waals surface area contributed by atoms with Crippen molar-refractivity contribution in [1.82, 2.24) is 10.2 Å². The van der Waals surface area contributed by atoms with E-state index in [2.05, 4.69) is 23.2 Å². The Morgan fingerprint density at radius 1 is 1.32 bits per heavy atom. The Balaban J connectivity index is 1.48. The molecule has 1 unspecified atom stereocenters. The highest BCUT2D eigenvalue weighted by atomic mass is 16.3. The highest BCUT2D eigenvalue weighted by Crippen LogP contribution is 2.30. The normalized spacial score (nSPS) is 23.6. The van der Waals surface area contributed by atoms with E-state index in [1.54, 1.807) is 6.26 Å². The molecule has 2 fully saturated rings. The minimum absolute atomic E-state index is 0.472. The van der Waals surface area contributed by atoms with E-state index in [9.17, 15) is 0 Å². The molecular formula is C16H26N2O. The Bertz CT molecular complexity index is 364. The summed E-state index contributed by atoms with van der Waals surface area (Å²) in [5.41, 5.74) is 0. The standard InChI is InChI=1S/C16H26N2O/c1-2-15(16-4-3-11-19-16)18-9-7-14(8-10-18)17-12-13-5-6-13/h3-4,11,13-15,17H,2,5-10,12H2,1H3. The van der Waals surface area contributed by atoms with Crippen LogP contribution in [0.2, 0.25) is 0 Å². The lowest BCUT2D eigenvalue weighted by atomic mass is 10.0. The molecule has 1 aromatic rings. The van der Waals surface area contributed by atoms with Crippen LogP contribution in [0.1, 0.15) is 50.8 Å². The summed E-state index contributed by atoms with van der Waals surface area (Å²) in [6, 6.07) is 5.33. The number of hydrogen-bond donors (Lipinski definition) is 1. The van der Waals surface area contributed by atoms with Gasteiger partial charge < -0.3 is 9.73 Å². The van der Waals surface area contributed by atoms with Gasteiger partial charge in [0.15, 0.2) is 0 Å². The number of piperidine rings is 1. The van der Waals surface area contributed by atoms with Crippen molar-refractivity contribution in [3.05, 3.63) is 24.2 Å². The molecule has 0 amide bonds. The third-order valence-corrected chi connectivity index (χ3v) is 4.62. The zero-order chi connectivity index (χ0) is 13.1. The van der Waals surface area contributed by atoms with Crippen molar-refractivity contribution < 1.29 is 4.42 Å². The van der Waals surface area contributed by atoms with E-state index in [0.29, 0.717) is 6.04 Å². The molecule has 0 bridgehead atoms. The molecule has 1 atom stereocenters. The minimum Gasteiger partial charge on any atom is -0.468 e. The zero-order valence-corrected chi connectivity index (χ0v) is 12.0. The summed E-state index contributed by atoms with van der Waals surface area (Å²) in [5, 5.41) is 3.75. The maximum atomic E-state index is 5.60. The van der Waals surface area contributed by atoms with Gasteiger partial charge in [0.2, 0.25) is 0 Å².